The van der Waals surface area contributed by atoms with Crippen molar-refractivity contribution in [3.05, 3.63) is 35.4 Å². The number of amides is 2. The first-order chi connectivity index (χ1) is 8.99. The predicted molar refractivity (Wildman–Crippen MR) is 67.8 cm³/mol. The number of urea groups is 1. The summed E-state index contributed by atoms with van der Waals surface area (Å²) in [5.74, 6) is -1.23. The zero-order valence-electron chi connectivity index (χ0n) is 10.7. The van der Waals surface area contributed by atoms with Crippen molar-refractivity contribution >= 4 is 6.03 Å². The molecule has 19 heavy (non-hydrogen) atoms. The van der Waals surface area contributed by atoms with E-state index in [2.05, 4.69) is 10.6 Å². The van der Waals surface area contributed by atoms with Gasteiger partial charge in [-0.15, -0.1) is 0 Å². The van der Waals surface area contributed by atoms with Crippen molar-refractivity contribution in [3.63, 3.8) is 0 Å². The number of aliphatic hydroxyl groups excluding tert-OH is 1. The second-order valence-corrected chi connectivity index (χ2v) is 4.31. The van der Waals surface area contributed by atoms with Gasteiger partial charge in [-0.25, -0.2) is 13.6 Å². The molecule has 1 rings (SSSR count). The van der Waals surface area contributed by atoms with Crippen LogP contribution in [0.3, 0.4) is 0 Å². The van der Waals surface area contributed by atoms with Crippen LogP contribution in [-0.2, 0) is 6.42 Å². The summed E-state index contributed by atoms with van der Waals surface area (Å²) in [6.07, 6.45) is 0.296. The number of aliphatic hydroxyl groups is 1. The fourth-order valence-corrected chi connectivity index (χ4v) is 1.49. The zero-order valence-corrected chi connectivity index (χ0v) is 10.7. The Balaban J connectivity index is 2.24. The van der Waals surface area contributed by atoms with E-state index in [0.717, 1.165) is 6.07 Å². The van der Waals surface area contributed by atoms with Crippen LogP contribution < -0.4 is 10.6 Å². The Hall–Kier alpha value is -1.69. The molecule has 0 aliphatic rings. The van der Waals surface area contributed by atoms with Crippen molar-refractivity contribution in [2.45, 2.75) is 25.9 Å². The lowest BCUT2D eigenvalue weighted by molar-refractivity contribution is 0.183. The highest BCUT2D eigenvalue weighted by molar-refractivity contribution is 5.73. The molecule has 0 aliphatic carbocycles. The molecule has 6 heteroatoms. The summed E-state index contributed by atoms with van der Waals surface area (Å²) in [6.45, 7) is 2.26. The van der Waals surface area contributed by atoms with Crippen LogP contribution in [-0.4, -0.2) is 30.3 Å². The van der Waals surface area contributed by atoms with Crippen LogP contribution >= 0.6 is 0 Å². The molecule has 0 saturated carbocycles. The zero-order chi connectivity index (χ0) is 14.3. The van der Waals surface area contributed by atoms with E-state index in [-0.39, 0.29) is 19.0 Å². The normalized spacial score (nSPS) is 12.0. The second-order valence-electron chi connectivity index (χ2n) is 4.31. The van der Waals surface area contributed by atoms with Crippen molar-refractivity contribution in [2.24, 2.45) is 0 Å². The maximum atomic E-state index is 13.3. The number of carbonyl (C=O) groups is 1. The van der Waals surface area contributed by atoms with E-state index in [0.29, 0.717) is 18.5 Å². The molecule has 1 aromatic carbocycles. The van der Waals surface area contributed by atoms with Crippen LogP contribution in [0.2, 0.25) is 0 Å². The van der Waals surface area contributed by atoms with E-state index in [1.54, 1.807) is 6.92 Å². The molecule has 0 aliphatic heterocycles. The third-order valence-electron chi connectivity index (χ3n) is 2.54. The van der Waals surface area contributed by atoms with Gasteiger partial charge in [-0.05, 0) is 31.4 Å². The molecule has 2 amide bonds. The Morgan fingerprint density at radius 2 is 2.00 bits per heavy atom. The molecule has 0 fully saturated rings. The summed E-state index contributed by atoms with van der Waals surface area (Å²) in [5.41, 5.74) is 0.352. The summed E-state index contributed by atoms with van der Waals surface area (Å²) in [4.78, 5) is 11.3. The highest BCUT2D eigenvalue weighted by Crippen LogP contribution is 2.09. The molecule has 1 aromatic rings. The van der Waals surface area contributed by atoms with Crippen LogP contribution in [0.5, 0.6) is 0 Å². The van der Waals surface area contributed by atoms with Crippen LogP contribution in [0.25, 0.3) is 0 Å². The molecule has 1 unspecified atom stereocenters. The molecule has 0 saturated heterocycles. The number of benzene rings is 1. The number of nitrogens with one attached hydrogen (secondary N) is 2. The van der Waals surface area contributed by atoms with Crippen LogP contribution in [0.15, 0.2) is 18.2 Å². The van der Waals surface area contributed by atoms with Crippen LogP contribution in [0.1, 0.15) is 18.9 Å². The van der Waals surface area contributed by atoms with Gasteiger partial charge in [0.1, 0.15) is 11.6 Å². The standard InChI is InChI=1S/C13H18F2N2O2/c1-9(18)4-6-16-13(19)17-7-5-10-2-3-11(14)8-12(10)15/h2-3,8-9,18H,4-7H2,1H3,(H2,16,17,19). The Bertz CT molecular complexity index is 425. The summed E-state index contributed by atoms with van der Waals surface area (Å²) in [5, 5.41) is 14.1. The molecule has 0 aromatic heterocycles. The lowest BCUT2D eigenvalue weighted by Gasteiger charge is -2.09. The quantitative estimate of drug-likeness (QED) is 0.736. The molecular formula is C13H18F2N2O2. The van der Waals surface area contributed by atoms with Crippen molar-refractivity contribution in [2.75, 3.05) is 13.1 Å². The number of hydrogen-bond acceptors (Lipinski definition) is 2. The molecule has 0 heterocycles. The van der Waals surface area contributed by atoms with E-state index in [4.69, 9.17) is 5.11 Å². The number of halogens is 2. The van der Waals surface area contributed by atoms with Gasteiger partial charge in [0.2, 0.25) is 0 Å². The smallest absolute Gasteiger partial charge is 0.314 e. The number of rotatable bonds is 6. The van der Waals surface area contributed by atoms with Crippen molar-refractivity contribution < 1.29 is 18.7 Å². The lowest BCUT2D eigenvalue weighted by atomic mass is 10.1. The fourth-order valence-electron chi connectivity index (χ4n) is 1.49. The summed E-state index contributed by atoms with van der Waals surface area (Å²) < 4.78 is 25.9. The molecule has 106 valence electrons. The predicted octanol–water partition coefficient (Wildman–Crippen LogP) is 1.58. The van der Waals surface area contributed by atoms with E-state index in [1.807, 2.05) is 0 Å². The van der Waals surface area contributed by atoms with Gasteiger partial charge >= 0.3 is 6.03 Å². The topological polar surface area (TPSA) is 61.4 Å². The molecule has 0 radical (unpaired) electrons. The third kappa shape index (κ3) is 6.15. The average Bonchev–Trinajstić information content (AvgIpc) is 2.31. The number of carbonyl (C=O) groups excluding carboxylic acids is 1. The maximum Gasteiger partial charge on any atom is 0.314 e. The third-order valence-corrected chi connectivity index (χ3v) is 2.54. The van der Waals surface area contributed by atoms with E-state index < -0.39 is 17.7 Å². The Labute approximate surface area is 110 Å². The monoisotopic (exact) mass is 272 g/mol. The highest BCUT2D eigenvalue weighted by Gasteiger charge is 2.05. The molecule has 0 spiro atoms. The minimum absolute atomic E-state index is 0.253. The van der Waals surface area contributed by atoms with Crippen molar-refractivity contribution in [1.82, 2.24) is 10.6 Å². The highest BCUT2D eigenvalue weighted by atomic mass is 19.1. The van der Waals surface area contributed by atoms with Crippen molar-refractivity contribution in [1.29, 1.82) is 0 Å². The Morgan fingerprint density at radius 1 is 1.32 bits per heavy atom. The minimum Gasteiger partial charge on any atom is -0.393 e. The SMILES string of the molecule is CC(O)CCNC(=O)NCCc1ccc(F)cc1F. The van der Waals surface area contributed by atoms with Gasteiger partial charge in [0, 0.05) is 19.2 Å². The second kappa shape index (κ2) is 7.68. The minimum atomic E-state index is -0.620. The number of hydrogen-bond donors (Lipinski definition) is 3. The van der Waals surface area contributed by atoms with Gasteiger partial charge in [0.05, 0.1) is 6.10 Å². The lowest BCUT2D eigenvalue weighted by Crippen LogP contribution is -2.37. The van der Waals surface area contributed by atoms with Gasteiger partial charge in [-0.2, -0.15) is 0 Å². The van der Waals surface area contributed by atoms with Gasteiger partial charge in [-0.1, -0.05) is 6.07 Å². The van der Waals surface area contributed by atoms with Crippen LogP contribution in [0.4, 0.5) is 13.6 Å². The van der Waals surface area contributed by atoms with Crippen LogP contribution in [0, 0.1) is 11.6 Å². The Morgan fingerprint density at radius 3 is 2.63 bits per heavy atom. The molecular weight excluding hydrogens is 254 g/mol. The first kappa shape index (κ1) is 15.4. The molecule has 4 nitrogen and oxygen atoms in total. The van der Waals surface area contributed by atoms with Crippen molar-refractivity contribution in [3.8, 4) is 0 Å². The Kier molecular flexibility index (Phi) is 6.21. The average molecular weight is 272 g/mol. The summed E-state index contributed by atoms with van der Waals surface area (Å²) >= 11 is 0. The molecule has 3 N–H and O–H groups in total. The maximum absolute atomic E-state index is 13.3. The largest absolute Gasteiger partial charge is 0.393 e. The van der Waals surface area contributed by atoms with E-state index in [9.17, 15) is 13.6 Å². The van der Waals surface area contributed by atoms with Gasteiger partial charge in [-0.3, -0.25) is 0 Å². The van der Waals surface area contributed by atoms with Gasteiger partial charge in [0.25, 0.3) is 0 Å². The first-order valence-electron chi connectivity index (χ1n) is 6.12. The van der Waals surface area contributed by atoms with Gasteiger partial charge < -0.3 is 15.7 Å². The summed E-state index contributed by atoms with van der Waals surface area (Å²) in [6, 6.07) is 2.99. The van der Waals surface area contributed by atoms with E-state index in [1.165, 1.54) is 12.1 Å². The van der Waals surface area contributed by atoms with E-state index >= 15 is 0 Å². The summed E-state index contributed by atoms with van der Waals surface area (Å²) in [7, 11) is 0. The first-order valence-corrected chi connectivity index (χ1v) is 6.12. The molecule has 1 atom stereocenters. The molecule has 0 bridgehead atoms. The fraction of sp³-hybridized carbons (Fsp3) is 0.462. The van der Waals surface area contributed by atoms with Gasteiger partial charge in [0.15, 0.2) is 0 Å².